The molecule has 3 aromatic carbocycles. The van der Waals surface area contributed by atoms with Gasteiger partial charge in [0.15, 0.2) is 5.82 Å². The molecule has 146 valence electrons. The second kappa shape index (κ2) is 7.59. The van der Waals surface area contributed by atoms with Gasteiger partial charge < -0.3 is 10.6 Å². The van der Waals surface area contributed by atoms with E-state index in [2.05, 4.69) is 31.1 Å². The van der Waals surface area contributed by atoms with E-state index in [-0.39, 0.29) is 5.91 Å². The third kappa shape index (κ3) is 3.42. The van der Waals surface area contributed by atoms with E-state index in [4.69, 9.17) is 0 Å². The van der Waals surface area contributed by atoms with E-state index in [1.54, 1.807) is 16.6 Å². The van der Waals surface area contributed by atoms with Crippen molar-refractivity contribution in [2.75, 3.05) is 5.32 Å². The van der Waals surface area contributed by atoms with E-state index in [9.17, 15) is 4.79 Å². The molecule has 8 nitrogen and oxygen atoms in total. The maximum Gasteiger partial charge on any atom is 0.251 e. The van der Waals surface area contributed by atoms with Crippen LogP contribution in [0.25, 0.3) is 16.7 Å². The molecule has 0 aliphatic rings. The lowest BCUT2D eigenvalue weighted by atomic mass is 10.1. The molecule has 0 unspecified atom stereocenters. The Bertz CT molecular complexity index is 1330. The number of amides is 1. The molecule has 5 rings (SSSR count). The van der Waals surface area contributed by atoms with E-state index in [0.717, 1.165) is 22.3 Å². The van der Waals surface area contributed by atoms with Gasteiger partial charge in [0.2, 0.25) is 5.65 Å². The Morgan fingerprint density at radius 2 is 1.67 bits per heavy atom. The normalized spacial score (nSPS) is 10.9. The maximum absolute atomic E-state index is 12.4. The summed E-state index contributed by atoms with van der Waals surface area (Å²) >= 11 is 0. The van der Waals surface area contributed by atoms with E-state index in [0.29, 0.717) is 23.6 Å². The van der Waals surface area contributed by atoms with Gasteiger partial charge >= 0.3 is 0 Å². The summed E-state index contributed by atoms with van der Waals surface area (Å²) < 4.78 is 1.65. The third-order valence-electron chi connectivity index (χ3n) is 4.73. The number of benzene rings is 3. The van der Waals surface area contributed by atoms with Crippen molar-refractivity contribution in [3.05, 3.63) is 90.0 Å². The van der Waals surface area contributed by atoms with Crippen molar-refractivity contribution in [1.29, 1.82) is 0 Å². The minimum absolute atomic E-state index is 0.127. The zero-order valence-electron chi connectivity index (χ0n) is 15.9. The number of carbonyl (C=O) groups is 1. The Labute approximate surface area is 171 Å². The highest BCUT2D eigenvalue weighted by molar-refractivity contribution is 5.94. The summed E-state index contributed by atoms with van der Waals surface area (Å²) in [5.41, 5.74) is 4.54. The molecular weight excluding hydrogens is 378 g/mol. The Hall–Kier alpha value is -4.33. The SMILES string of the molecule is O=C(NCc1ccccc1)c1ccc(Nc2nc3ccccc3n3nnnc23)cc1. The molecule has 1 amide bonds. The predicted octanol–water partition coefficient (Wildman–Crippen LogP) is 3.35. The summed E-state index contributed by atoms with van der Waals surface area (Å²) in [5.74, 6) is 0.415. The van der Waals surface area contributed by atoms with Crippen molar-refractivity contribution in [2.24, 2.45) is 0 Å². The first kappa shape index (κ1) is 17.7. The standard InChI is InChI=1S/C22H17N7O/c30-22(23-14-15-6-2-1-3-7-15)16-10-12-17(13-11-16)24-20-21-26-27-28-29(21)19-9-5-4-8-18(19)25-20/h1-13H,14H2,(H,23,30)(H,24,25). The second-order valence-electron chi connectivity index (χ2n) is 6.73. The quantitative estimate of drug-likeness (QED) is 0.474. The van der Waals surface area contributed by atoms with Gasteiger partial charge in [-0.2, -0.15) is 4.52 Å². The van der Waals surface area contributed by atoms with E-state index < -0.39 is 0 Å². The van der Waals surface area contributed by atoms with E-state index >= 15 is 0 Å². The number of carbonyl (C=O) groups excluding carboxylic acids is 1. The number of para-hydroxylation sites is 2. The molecule has 0 aliphatic carbocycles. The monoisotopic (exact) mass is 395 g/mol. The summed E-state index contributed by atoms with van der Waals surface area (Å²) in [6, 6.07) is 24.6. The van der Waals surface area contributed by atoms with Gasteiger partial charge in [0, 0.05) is 17.8 Å². The van der Waals surface area contributed by atoms with Crippen molar-refractivity contribution in [2.45, 2.75) is 6.54 Å². The smallest absolute Gasteiger partial charge is 0.251 e. The first-order valence-electron chi connectivity index (χ1n) is 9.44. The summed E-state index contributed by atoms with van der Waals surface area (Å²) in [7, 11) is 0. The van der Waals surface area contributed by atoms with Gasteiger partial charge in [0.1, 0.15) is 0 Å². The van der Waals surface area contributed by atoms with Gasteiger partial charge in [-0.3, -0.25) is 4.79 Å². The molecule has 30 heavy (non-hydrogen) atoms. The number of hydrogen-bond donors (Lipinski definition) is 2. The van der Waals surface area contributed by atoms with Crippen molar-refractivity contribution >= 4 is 34.1 Å². The number of anilines is 2. The van der Waals surface area contributed by atoms with Gasteiger partial charge in [0.05, 0.1) is 11.0 Å². The molecular formula is C22H17N7O. The zero-order chi connectivity index (χ0) is 20.3. The van der Waals surface area contributed by atoms with Crippen LogP contribution < -0.4 is 10.6 Å². The number of hydrogen-bond acceptors (Lipinski definition) is 6. The number of nitrogens with one attached hydrogen (secondary N) is 2. The van der Waals surface area contributed by atoms with Gasteiger partial charge in [-0.1, -0.05) is 42.5 Å². The van der Waals surface area contributed by atoms with Gasteiger partial charge in [-0.25, -0.2) is 4.98 Å². The summed E-state index contributed by atoms with van der Waals surface area (Å²) in [4.78, 5) is 17.0. The summed E-state index contributed by atoms with van der Waals surface area (Å²) in [6.07, 6.45) is 0. The van der Waals surface area contributed by atoms with Crippen LogP contribution in [0.15, 0.2) is 78.9 Å². The molecule has 8 heteroatoms. The maximum atomic E-state index is 12.4. The van der Waals surface area contributed by atoms with Crippen molar-refractivity contribution in [3.8, 4) is 0 Å². The van der Waals surface area contributed by atoms with Crippen molar-refractivity contribution in [1.82, 2.24) is 30.3 Å². The molecule has 0 radical (unpaired) electrons. The van der Waals surface area contributed by atoms with Crippen LogP contribution in [0.2, 0.25) is 0 Å². The summed E-state index contributed by atoms with van der Waals surface area (Å²) in [6.45, 7) is 0.485. The first-order valence-corrected chi connectivity index (χ1v) is 9.44. The summed E-state index contributed by atoms with van der Waals surface area (Å²) in [5, 5.41) is 18.1. The largest absolute Gasteiger partial charge is 0.348 e. The minimum Gasteiger partial charge on any atom is -0.348 e. The third-order valence-corrected chi connectivity index (χ3v) is 4.73. The number of aromatic nitrogens is 5. The molecule has 0 saturated carbocycles. The Morgan fingerprint density at radius 3 is 2.50 bits per heavy atom. The second-order valence-corrected chi connectivity index (χ2v) is 6.73. The highest BCUT2D eigenvalue weighted by Crippen LogP contribution is 2.22. The fourth-order valence-corrected chi connectivity index (χ4v) is 3.21. The fraction of sp³-hybridized carbons (Fsp3) is 0.0455. The molecule has 0 fully saturated rings. The van der Waals surface area contributed by atoms with Crippen molar-refractivity contribution in [3.63, 3.8) is 0 Å². The van der Waals surface area contributed by atoms with Crippen LogP contribution in [-0.2, 0) is 6.54 Å². The predicted molar refractivity (Wildman–Crippen MR) is 113 cm³/mol. The molecule has 2 aromatic heterocycles. The lowest BCUT2D eigenvalue weighted by molar-refractivity contribution is 0.0951. The minimum atomic E-state index is -0.127. The molecule has 0 bridgehead atoms. The fourth-order valence-electron chi connectivity index (χ4n) is 3.21. The zero-order valence-corrected chi connectivity index (χ0v) is 15.9. The van der Waals surface area contributed by atoms with Crippen LogP contribution in [0.4, 0.5) is 11.5 Å². The molecule has 0 atom stereocenters. The average molecular weight is 395 g/mol. The molecule has 0 saturated heterocycles. The molecule has 0 spiro atoms. The van der Waals surface area contributed by atoms with E-state index in [1.807, 2.05) is 66.7 Å². The van der Waals surface area contributed by atoms with Crippen LogP contribution in [-0.4, -0.2) is 30.9 Å². The first-order chi connectivity index (χ1) is 14.8. The lowest BCUT2D eigenvalue weighted by Crippen LogP contribution is -2.22. The molecule has 2 heterocycles. The van der Waals surface area contributed by atoms with Crippen LogP contribution in [0.5, 0.6) is 0 Å². The van der Waals surface area contributed by atoms with Crippen LogP contribution >= 0.6 is 0 Å². The average Bonchev–Trinajstić information content (AvgIpc) is 3.29. The lowest BCUT2D eigenvalue weighted by Gasteiger charge is -2.09. The Kier molecular flexibility index (Phi) is 4.49. The van der Waals surface area contributed by atoms with Gasteiger partial charge in [-0.05, 0) is 52.4 Å². The van der Waals surface area contributed by atoms with Crippen LogP contribution in [0.3, 0.4) is 0 Å². The Balaban J connectivity index is 1.35. The van der Waals surface area contributed by atoms with Crippen LogP contribution in [0, 0.1) is 0 Å². The topological polar surface area (TPSA) is 97.1 Å². The number of rotatable bonds is 5. The number of tetrazole rings is 1. The van der Waals surface area contributed by atoms with E-state index in [1.165, 1.54) is 0 Å². The van der Waals surface area contributed by atoms with Gasteiger partial charge in [0.25, 0.3) is 5.91 Å². The molecule has 2 N–H and O–H groups in total. The van der Waals surface area contributed by atoms with Crippen molar-refractivity contribution < 1.29 is 4.79 Å². The number of nitrogens with zero attached hydrogens (tertiary/aromatic N) is 5. The van der Waals surface area contributed by atoms with Gasteiger partial charge in [-0.15, -0.1) is 5.10 Å². The van der Waals surface area contributed by atoms with Crippen LogP contribution in [0.1, 0.15) is 15.9 Å². The molecule has 5 aromatic rings. The highest BCUT2D eigenvalue weighted by atomic mass is 16.1. The Morgan fingerprint density at radius 1 is 0.900 bits per heavy atom. The number of fused-ring (bicyclic) bond motifs is 3. The molecule has 0 aliphatic heterocycles. The highest BCUT2D eigenvalue weighted by Gasteiger charge is 2.12.